The number of nitriles is 1. The number of carbonyl (C=O) groups excluding carboxylic acids is 2. The second-order valence-electron chi connectivity index (χ2n) is 6.93. The molecular formula is C23H16Cl2N4O2S. The number of rotatable bonds is 5. The number of halogens is 2. The minimum atomic E-state index is -0.676. The Hall–Kier alpha value is -3.18. The number of likely N-dealkylation sites (N-methyl/N-ethyl adjacent to an activating group) is 1. The Morgan fingerprint density at radius 3 is 2.78 bits per heavy atom. The zero-order valence-corrected chi connectivity index (χ0v) is 19.2. The summed E-state index contributed by atoms with van der Waals surface area (Å²) in [6.45, 7) is 2.27. The zero-order valence-electron chi connectivity index (χ0n) is 16.9. The van der Waals surface area contributed by atoms with Crippen molar-refractivity contribution in [3.63, 3.8) is 0 Å². The van der Waals surface area contributed by atoms with E-state index in [2.05, 4.69) is 10.3 Å². The maximum Gasteiger partial charge on any atom is 0.268 e. The van der Waals surface area contributed by atoms with Crippen molar-refractivity contribution in [3.05, 3.63) is 80.3 Å². The highest BCUT2D eigenvalue weighted by Crippen LogP contribution is 2.38. The van der Waals surface area contributed by atoms with Crippen molar-refractivity contribution < 1.29 is 9.59 Å². The van der Waals surface area contributed by atoms with Gasteiger partial charge in [0.2, 0.25) is 0 Å². The number of hydrogen-bond donors (Lipinski definition) is 1. The summed E-state index contributed by atoms with van der Waals surface area (Å²) in [4.78, 5) is 32.5. The Balaban J connectivity index is 1.60. The van der Waals surface area contributed by atoms with Crippen LogP contribution in [0.15, 0.2) is 54.2 Å². The molecule has 1 aliphatic rings. The molecule has 6 nitrogen and oxygen atoms in total. The number of nitrogens with one attached hydrogen (secondary N) is 1. The van der Waals surface area contributed by atoms with Crippen molar-refractivity contribution in [1.29, 1.82) is 5.26 Å². The molecule has 1 N–H and O–H groups in total. The highest BCUT2D eigenvalue weighted by atomic mass is 35.5. The fourth-order valence-corrected chi connectivity index (χ4v) is 4.74. The zero-order chi connectivity index (χ0) is 22.8. The molecule has 0 fully saturated rings. The quantitative estimate of drug-likeness (QED) is 0.393. The number of para-hydroxylation sites is 1. The summed E-state index contributed by atoms with van der Waals surface area (Å²) in [6.07, 6.45) is 2.13. The average molecular weight is 483 g/mol. The highest BCUT2D eigenvalue weighted by Gasteiger charge is 2.35. The van der Waals surface area contributed by atoms with E-state index in [0.717, 1.165) is 10.4 Å². The number of fused-ring (bicyclic) bond motifs is 1. The number of nitrogens with zero attached hydrogens (tertiary/aromatic N) is 3. The number of hydrogen-bond acceptors (Lipinski definition) is 5. The summed E-state index contributed by atoms with van der Waals surface area (Å²) in [5, 5.41) is 13.8. The van der Waals surface area contributed by atoms with E-state index < -0.39 is 5.91 Å². The van der Waals surface area contributed by atoms with E-state index in [9.17, 15) is 14.9 Å². The Morgan fingerprint density at radius 2 is 2.03 bits per heavy atom. The van der Waals surface area contributed by atoms with Crippen LogP contribution in [0.4, 0.5) is 10.8 Å². The third-order valence-corrected chi connectivity index (χ3v) is 6.49. The molecule has 0 spiro atoms. The van der Waals surface area contributed by atoms with E-state index in [1.54, 1.807) is 47.5 Å². The van der Waals surface area contributed by atoms with Gasteiger partial charge in [0.15, 0.2) is 5.13 Å². The number of thiazole rings is 1. The van der Waals surface area contributed by atoms with Crippen molar-refractivity contribution in [2.75, 3.05) is 16.8 Å². The van der Waals surface area contributed by atoms with Crippen LogP contribution in [0, 0.1) is 11.3 Å². The molecule has 0 radical (unpaired) electrons. The van der Waals surface area contributed by atoms with Crippen LogP contribution in [-0.2, 0) is 16.0 Å². The third-order valence-electron chi connectivity index (χ3n) is 4.97. The molecule has 160 valence electrons. The molecule has 1 aromatic heterocycles. The Morgan fingerprint density at radius 1 is 1.25 bits per heavy atom. The lowest BCUT2D eigenvalue weighted by molar-refractivity contribution is -0.114. The first-order valence-electron chi connectivity index (χ1n) is 9.68. The van der Waals surface area contributed by atoms with Gasteiger partial charge in [-0.2, -0.15) is 5.26 Å². The maximum absolute atomic E-state index is 12.9. The van der Waals surface area contributed by atoms with Crippen LogP contribution in [0.3, 0.4) is 0 Å². The van der Waals surface area contributed by atoms with E-state index in [1.807, 2.05) is 19.1 Å². The van der Waals surface area contributed by atoms with Gasteiger partial charge in [-0.15, -0.1) is 11.3 Å². The van der Waals surface area contributed by atoms with Crippen molar-refractivity contribution >= 4 is 62.7 Å². The average Bonchev–Trinajstić information content (AvgIpc) is 3.33. The fourth-order valence-electron chi connectivity index (χ4n) is 3.53. The second kappa shape index (κ2) is 9.13. The van der Waals surface area contributed by atoms with E-state index in [0.29, 0.717) is 39.4 Å². The van der Waals surface area contributed by atoms with Crippen molar-refractivity contribution in [1.82, 2.24) is 4.98 Å². The van der Waals surface area contributed by atoms with Gasteiger partial charge in [-0.1, -0.05) is 41.4 Å². The van der Waals surface area contributed by atoms with E-state index in [4.69, 9.17) is 23.2 Å². The lowest BCUT2D eigenvalue weighted by Crippen LogP contribution is -2.27. The Labute approximate surface area is 198 Å². The monoisotopic (exact) mass is 482 g/mol. The lowest BCUT2D eigenvalue weighted by Gasteiger charge is -2.13. The first-order valence-corrected chi connectivity index (χ1v) is 11.3. The van der Waals surface area contributed by atoms with Gasteiger partial charge in [-0.25, -0.2) is 4.98 Å². The van der Waals surface area contributed by atoms with Gasteiger partial charge in [0.1, 0.15) is 11.6 Å². The fraction of sp³-hybridized carbons (Fsp3) is 0.130. The number of carbonyl (C=O) groups is 2. The summed E-state index contributed by atoms with van der Waals surface area (Å²) < 4.78 is 0. The molecule has 0 atom stereocenters. The molecule has 4 rings (SSSR count). The maximum atomic E-state index is 12.9. The van der Waals surface area contributed by atoms with Gasteiger partial charge in [-0.3, -0.25) is 14.9 Å². The number of aromatic nitrogens is 1. The molecule has 32 heavy (non-hydrogen) atoms. The van der Waals surface area contributed by atoms with Crippen molar-refractivity contribution in [2.24, 2.45) is 0 Å². The van der Waals surface area contributed by atoms with E-state index >= 15 is 0 Å². The van der Waals surface area contributed by atoms with Crippen LogP contribution in [0.2, 0.25) is 10.0 Å². The van der Waals surface area contributed by atoms with Gasteiger partial charge in [-0.05, 0) is 36.8 Å². The molecule has 2 heterocycles. The standard InChI is InChI=1S/C23H16Cl2N4O2S/c1-2-29-19-6-4-3-5-16(19)20(22(29)31)17(11-26)21(30)28-23-27-12-15(32-23)10-13-9-14(24)7-8-18(13)25/h3-9,12H,2,10H2,1H3,(H,27,28,30). The predicted octanol–water partition coefficient (Wildman–Crippen LogP) is 5.32. The SMILES string of the molecule is CCN1C(=O)C(=C(C#N)C(=O)Nc2ncc(Cc3cc(Cl)ccc3Cl)s2)c2ccccc21. The summed E-state index contributed by atoms with van der Waals surface area (Å²) >= 11 is 13.5. The smallest absolute Gasteiger partial charge is 0.268 e. The first-order chi connectivity index (χ1) is 15.4. The molecule has 9 heteroatoms. The molecule has 0 saturated heterocycles. The van der Waals surface area contributed by atoms with Crippen LogP contribution >= 0.6 is 34.5 Å². The summed E-state index contributed by atoms with van der Waals surface area (Å²) in [5.74, 6) is -1.04. The second-order valence-corrected chi connectivity index (χ2v) is 8.89. The number of benzene rings is 2. The highest BCUT2D eigenvalue weighted by molar-refractivity contribution is 7.15. The Bertz CT molecular complexity index is 1310. The largest absolute Gasteiger partial charge is 0.308 e. The first kappa shape index (κ1) is 22.0. The van der Waals surface area contributed by atoms with Gasteiger partial charge >= 0.3 is 0 Å². The molecule has 0 bridgehead atoms. The number of amides is 2. The van der Waals surface area contributed by atoms with Gasteiger partial charge in [0.05, 0.1) is 11.3 Å². The molecule has 2 amide bonds. The van der Waals surface area contributed by atoms with Crippen molar-refractivity contribution in [2.45, 2.75) is 13.3 Å². The van der Waals surface area contributed by atoms with Gasteiger partial charge in [0.25, 0.3) is 11.8 Å². The van der Waals surface area contributed by atoms with Crippen LogP contribution in [-0.4, -0.2) is 23.3 Å². The molecule has 0 unspecified atom stereocenters. The summed E-state index contributed by atoms with van der Waals surface area (Å²) in [7, 11) is 0. The third kappa shape index (κ3) is 4.13. The Kier molecular flexibility index (Phi) is 6.28. The van der Waals surface area contributed by atoms with Crippen LogP contribution in [0.5, 0.6) is 0 Å². The van der Waals surface area contributed by atoms with E-state index in [-0.39, 0.29) is 17.1 Å². The van der Waals surface area contributed by atoms with Crippen molar-refractivity contribution in [3.8, 4) is 6.07 Å². The van der Waals surface area contributed by atoms with Crippen LogP contribution < -0.4 is 10.2 Å². The van der Waals surface area contributed by atoms with Crippen LogP contribution in [0.25, 0.3) is 5.57 Å². The minimum Gasteiger partial charge on any atom is -0.308 e. The normalized spacial score (nSPS) is 14.2. The van der Waals surface area contributed by atoms with Gasteiger partial charge < -0.3 is 4.90 Å². The topological polar surface area (TPSA) is 86.1 Å². The van der Waals surface area contributed by atoms with Gasteiger partial charge in [0, 0.05) is 39.6 Å². The molecular weight excluding hydrogens is 467 g/mol. The molecule has 3 aromatic rings. The summed E-state index contributed by atoms with van der Waals surface area (Å²) in [6, 6.07) is 14.2. The lowest BCUT2D eigenvalue weighted by atomic mass is 10.0. The molecule has 1 aliphatic heterocycles. The molecule has 0 saturated carbocycles. The van der Waals surface area contributed by atoms with Crippen LogP contribution in [0.1, 0.15) is 22.9 Å². The molecule has 0 aliphatic carbocycles. The van der Waals surface area contributed by atoms with E-state index in [1.165, 1.54) is 11.3 Å². The summed E-state index contributed by atoms with van der Waals surface area (Å²) in [5.41, 5.74) is 1.96. The minimum absolute atomic E-state index is 0.102. The predicted molar refractivity (Wildman–Crippen MR) is 127 cm³/mol. The molecule has 2 aromatic carbocycles. The number of anilines is 2.